The molecule has 1 amide bonds. The van der Waals surface area contributed by atoms with Crippen LogP contribution in [0.3, 0.4) is 0 Å². The molecule has 3 atom stereocenters. The summed E-state index contributed by atoms with van der Waals surface area (Å²) in [5.74, 6) is 3.67. The van der Waals surface area contributed by atoms with Crippen LogP contribution in [0.25, 0.3) is 11.5 Å². The lowest BCUT2D eigenvalue weighted by Gasteiger charge is -2.33. The first-order chi connectivity index (χ1) is 18.6. The molecule has 2 aromatic rings. The number of hydrogen-bond donors (Lipinski definition) is 2. The Kier molecular flexibility index (Phi) is 6.69. The summed E-state index contributed by atoms with van der Waals surface area (Å²) in [5.41, 5.74) is 7.52. The minimum Gasteiger partial charge on any atom is -0.378 e. The van der Waals surface area contributed by atoms with E-state index in [1.54, 1.807) is 11.2 Å². The zero-order valence-electron chi connectivity index (χ0n) is 22.3. The van der Waals surface area contributed by atoms with Crippen LogP contribution in [-0.4, -0.2) is 88.5 Å². The number of carbonyl (C=O) groups excluding carboxylic acids is 1. The molecule has 6 heterocycles. The average Bonchev–Trinajstić information content (AvgIpc) is 3.33. The van der Waals surface area contributed by atoms with Crippen LogP contribution in [0, 0.1) is 5.92 Å². The minimum atomic E-state index is -0.244. The topological polar surface area (TPSA) is 127 Å². The molecule has 3 fully saturated rings. The third-order valence-electron chi connectivity index (χ3n) is 8.50. The summed E-state index contributed by atoms with van der Waals surface area (Å²) >= 11 is 0. The van der Waals surface area contributed by atoms with Gasteiger partial charge in [-0.1, -0.05) is 18.8 Å². The number of aromatic nitrogens is 4. The number of carbonyl (C=O) groups is 1. The van der Waals surface area contributed by atoms with Gasteiger partial charge in [-0.25, -0.2) is 9.98 Å². The van der Waals surface area contributed by atoms with Crippen LogP contribution in [-0.2, 0) is 16.1 Å². The molecule has 12 heteroatoms. The number of aryl methyl sites for hydroxylation is 1. The quantitative estimate of drug-likeness (QED) is 0.372. The number of pyridine rings is 1. The van der Waals surface area contributed by atoms with E-state index in [9.17, 15) is 4.79 Å². The van der Waals surface area contributed by atoms with E-state index in [0.29, 0.717) is 62.4 Å². The second kappa shape index (κ2) is 10.1. The van der Waals surface area contributed by atoms with Gasteiger partial charge in [0.15, 0.2) is 13.1 Å². The van der Waals surface area contributed by atoms with Gasteiger partial charge in [0.2, 0.25) is 5.91 Å². The van der Waals surface area contributed by atoms with Gasteiger partial charge in [-0.2, -0.15) is 0 Å². The van der Waals surface area contributed by atoms with E-state index in [-0.39, 0.29) is 17.3 Å². The van der Waals surface area contributed by atoms with Crippen LogP contribution in [0.5, 0.6) is 0 Å². The molecule has 6 rings (SSSR count). The Hall–Kier alpha value is -3.25. The molecule has 38 heavy (non-hydrogen) atoms. The average molecular weight is 517 g/mol. The van der Waals surface area contributed by atoms with Crippen molar-refractivity contribution in [1.82, 2.24) is 30.0 Å². The van der Waals surface area contributed by atoms with Crippen LogP contribution < -0.4 is 16.0 Å². The van der Waals surface area contributed by atoms with Gasteiger partial charge in [0, 0.05) is 43.6 Å². The fourth-order valence-corrected chi connectivity index (χ4v) is 6.39. The molecule has 200 valence electrons. The summed E-state index contributed by atoms with van der Waals surface area (Å²) in [6.07, 6.45) is 4.73. The molecule has 0 bridgehead atoms. The molecule has 3 saturated heterocycles. The van der Waals surface area contributed by atoms with Gasteiger partial charge in [-0.3, -0.25) is 9.69 Å². The first-order valence-electron chi connectivity index (χ1n) is 13.8. The lowest BCUT2D eigenvalue weighted by Crippen LogP contribution is -2.42. The number of rotatable bonds is 9. The second-order valence-electron chi connectivity index (χ2n) is 10.7. The van der Waals surface area contributed by atoms with Crippen LogP contribution >= 0.6 is 0 Å². The highest BCUT2D eigenvalue weighted by molar-refractivity contribution is 6.57. The SMILES string of the molecule is CCn1cnnc1-c1cccc(N2CC3=C(NCCOCCN)N=C(N4CCCC45B[C@@H]5C)CC3C2=O)n1. The van der Waals surface area contributed by atoms with Gasteiger partial charge in [0.25, 0.3) is 0 Å². The van der Waals surface area contributed by atoms with E-state index >= 15 is 0 Å². The zero-order chi connectivity index (χ0) is 26.3. The van der Waals surface area contributed by atoms with Crippen molar-refractivity contribution in [2.45, 2.75) is 50.9 Å². The summed E-state index contributed by atoms with van der Waals surface area (Å²) in [6, 6.07) is 5.73. The fraction of sp³-hybridized carbons (Fsp3) is 0.577. The largest absolute Gasteiger partial charge is 0.378 e. The monoisotopic (exact) mass is 517 g/mol. The van der Waals surface area contributed by atoms with Crippen LogP contribution in [0.2, 0.25) is 5.82 Å². The summed E-state index contributed by atoms with van der Waals surface area (Å²) in [5, 5.41) is 11.8. The fourth-order valence-electron chi connectivity index (χ4n) is 6.39. The number of nitrogens with zero attached hydrogens (tertiary/aromatic N) is 7. The summed E-state index contributed by atoms with van der Waals surface area (Å²) in [4.78, 5) is 28.2. The van der Waals surface area contributed by atoms with Crippen molar-refractivity contribution in [3.8, 4) is 11.5 Å². The van der Waals surface area contributed by atoms with Gasteiger partial charge >= 0.3 is 0 Å². The Morgan fingerprint density at radius 1 is 1.32 bits per heavy atom. The minimum absolute atomic E-state index is 0.0739. The summed E-state index contributed by atoms with van der Waals surface area (Å²) < 4.78 is 7.52. The number of aliphatic imine (C=N–C) groups is 1. The standard InChI is InChI=1S/C26H36BN9O2/c1-3-34-16-30-33-24(34)20-6-4-7-21(31-20)35-15-19-18(25(35)37)14-22(32-23(19)29-10-13-38-12-9-28)36-11-5-8-26(36)17(2)27-26/h4,6-7,16-18,27,29H,3,5,8-15,28H2,1-2H3/t17-,18?,26?/m1/s1. The van der Waals surface area contributed by atoms with E-state index < -0.39 is 0 Å². The van der Waals surface area contributed by atoms with Gasteiger partial charge in [0.1, 0.15) is 29.5 Å². The van der Waals surface area contributed by atoms with E-state index in [2.05, 4.69) is 27.3 Å². The molecule has 3 N–H and O–H groups in total. The molecule has 2 aromatic heterocycles. The smallest absolute Gasteiger partial charge is 0.236 e. The number of fused-ring (bicyclic) bond motifs is 1. The third kappa shape index (κ3) is 4.29. The van der Waals surface area contributed by atoms with Crippen LogP contribution in [0.4, 0.5) is 5.82 Å². The number of hydrogen-bond acceptors (Lipinski definition) is 9. The summed E-state index contributed by atoms with van der Waals surface area (Å²) in [7, 11) is 1.21. The molecule has 0 aromatic carbocycles. The van der Waals surface area contributed by atoms with Gasteiger partial charge in [0.05, 0.1) is 25.7 Å². The predicted octanol–water partition coefficient (Wildman–Crippen LogP) is 0.952. The number of anilines is 1. The maximum atomic E-state index is 13.9. The van der Waals surface area contributed by atoms with Crippen molar-refractivity contribution in [2.24, 2.45) is 16.6 Å². The number of amidine groups is 1. The van der Waals surface area contributed by atoms with Crippen molar-refractivity contribution in [1.29, 1.82) is 0 Å². The number of amides is 1. The van der Waals surface area contributed by atoms with Crippen molar-refractivity contribution in [3.63, 3.8) is 0 Å². The van der Waals surface area contributed by atoms with Crippen LogP contribution in [0.15, 0.2) is 40.9 Å². The van der Waals surface area contributed by atoms with E-state index in [1.165, 1.54) is 20.1 Å². The number of ether oxygens (including phenoxy) is 1. The molecule has 4 aliphatic heterocycles. The molecule has 0 radical (unpaired) electrons. The Morgan fingerprint density at radius 2 is 2.18 bits per heavy atom. The maximum Gasteiger partial charge on any atom is 0.236 e. The van der Waals surface area contributed by atoms with E-state index in [4.69, 9.17) is 20.4 Å². The molecule has 2 unspecified atom stereocenters. The Balaban J connectivity index is 1.28. The number of nitrogens with two attached hydrogens (primary N) is 1. The molecular formula is C26H36BN9O2. The molecule has 0 saturated carbocycles. The molecule has 11 nitrogen and oxygen atoms in total. The maximum absolute atomic E-state index is 13.9. The summed E-state index contributed by atoms with van der Waals surface area (Å²) in [6.45, 7) is 8.76. The van der Waals surface area contributed by atoms with Crippen molar-refractivity contribution in [3.05, 3.63) is 35.9 Å². The first kappa shape index (κ1) is 25.1. The molecule has 4 aliphatic rings. The zero-order valence-corrected chi connectivity index (χ0v) is 22.3. The highest BCUT2D eigenvalue weighted by atomic mass is 16.5. The Labute approximate surface area is 223 Å². The first-order valence-corrected chi connectivity index (χ1v) is 13.8. The highest BCUT2D eigenvalue weighted by Gasteiger charge is 2.60. The molecular weight excluding hydrogens is 481 g/mol. The van der Waals surface area contributed by atoms with Crippen molar-refractivity contribution in [2.75, 3.05) is 44.3 Å². The van der Waals surface area contributed by atoms with Gasteiger partial charge in [-0.05, 0) is 31.9 Å². The number of nitrogens with one attached hydrogen (secondary N) is 1. The molecule has 1 spiro atoms. The lowest BCUT2D eigenvalue weighted by molar-refractivity contribution is -0.119. The Bertz CT molecular complexity index is 1280. The van der Waals surface area contributed by atoms with Gasteiger partial charge < -0.3 is 25.3 Å². The highest BCUT2D eigenvalue weighted by Crippen LogP contribution is 2.53. The second-order valence-corrected chi connectivity index (χ2v) is 10.7. The Morgan fingerprint density at radius 3 is 2.97 bits per heavy atom. The number of likely N-dealkylation sites (tertiary alicyclic amines) is 1. The molecule has 0 aliphatic carbocycles. The van der Waals surface area contributed by atoms with E-state index in [0.717, 1.165) is 30.3 Å². The van der Waals surface area contributed by atoms with Crippen molar-refractivity contribution < 1.29 is 9.53 Å². The van der Waals surface area contributed by atoms with Crippen LogP contribution in [0.1, 0.15) is 33.1 Å². The van der Waals surface area contributed by atoms with E-state index in [1.807, 2.05) is 29.7 Å². The van der Waals surface area contributed by atoms with Crippen molar-refractivity contribution >= 4 is 24.8 Å². The normalized spacial score (nSPS) is 26.2. The van der Waals surface area contributed by atoms with Gasteiger partial charge in [-0.15, -0.1) is 10.2 Å². The lowest BCUT2D eigenvalue weighted by atomic mass is 9.91. The third-order valence-corrected chi connectivity index (χ3v) is 8.50. The predicted molar refractivity (Wildman–Crippen MR) is 147 cm³/mol.